The molecule has 0 aliphatic carbocycles. The Morgan fingerprint density at radius 3 is 2.43 bits per heavy atom. The highest BCUT2D eigenvalue weighted by Gasteiger charge is 2.12. The molecule has 7 nitrogen and oxygen atoms in total. The summed E-state index contributed by atoms with van der Waals surface area (Å²) in [7, 11) is -3.32. The number of pyridine rings is 1. The third-order valence-corrected chi connectivity index (χ3v) is 5.18. The fourth-order valence-corrected chi connectivity index (χ4v) is 3.89. The second-order valence-corrected chi connectivity index (χ2v) is 8.30. The molecule has 0 amide bonds. The van der Waals surface area contributed by atoms with Gasteiger partial charge in [-0.15, -0.1) is 24.0 Å². The summed E-state index contributed by atoms with van der Waals surface area (Å²) in [5.41, 5.74) is 8.57. The van der Waals surface area contributed by atoms with E-state index in [9.17, 15) is 8.42 Å². The van der Waals surface area contributed by atoms with E-state index >= 15 is 0 Å². The van der Waals surface area contributed by atoms with Crippen molar-refractivity contribution in [2.75, 3.05) is 6.54 Å². The second-order valence-electron chi connectivity index (χ2n) is 6.55. The van der Waals surface area contributed by atoms with Crippen LogP contribution >= 0.6 is 24.0 Å². The summed E-state index contributed by atoms with van der Waals surface area (Å²) in [6, 6.07) is 13.0. The quantitative estimate of drug-likeness (QED) is 0.269. The van der Waals surface area contributed by atoms with Gasteiger partial charge in [-0.25, -0.2) is 18.1 Å². The molecule has 9 heteroatoms. The van der Waals surface area contributed by atoms with Crippen LogP contribution < -0.4 is 15.8 Å². The number of guanidine groups is 1. The number of nitrogens with two attached hydrogens (primary N) is 1. The van der Waals surface area contributed by atoms with E-state index in [1.165, 1.54) is 0 Å². The number of aliphatic imine (C=N–C) groups is 1. The van der Waals surface area contributed by atoms with Crippen LogP contribution in [0.15, 0.2) is 53.7 Å². The minimum atomic E-state index is -3.32. The molecule has 2 rings (SSSR count). The molecule has 0 bridgehead atoms. The van der Waals surface area contributed by atoms with Gasteiger partial charge >= 0.3 is 0 Å². The van der Waals surface area contributed by atoms with Gasteiger partial charge in [0.25, 0.3) is 0 Å². The minimum absolute atomic E-state index is 0. The fourth-order valence-electron chi connectivity index (χ4n) is 2.46. The SMILES string of the molecule is CC(C)NS(=O)(=O)Cc1ccc(CN=C(N)NCCc2ccccn2)cc1.I. The first kappa shape index (κ1) is 24.3. The number of nitrogens with one attached hydrogen (secondary N) is 2. The molecule has 0 aliphatic heterocycles. The molecule has 1 heterocycles. The van der Waals surface area contributed by atoms with E-state index < -0.39 is 10.0 Å². The minimum Gasteiger partial charge on any atom is -0.370 e. The van der Waals surface area contributed by atoms with Crippen molar-refractivity contribution in [1.82, 2.24) is 15.0 Å². The first-order valence-electron chi connectivity index (χ1n) is 8.85. The summed E-state index contributed by atoms with van der Waals surface area (Å²) in [6.45, 7) is 4.69. The average molecular weight is 517 g/mol. The number of sulfonamides is 1. The van der Waals surface area contributed by atoms with Crippen molar-refractivity contribution in [3.8, 4) is 0 Å². The number of benzene rings is 1. The molecular weight excluding hydrogens is 489 g/mol. The van der Waals surface area contributed by atoms with Crippen molar-refractivity contribution in [3.63, 3.8) is 0 Å². The maximum absolute atomic E-state index is 12.0. The monoisotopic (exact) mass is 517 g/mol. The molecule has 0 fully saturated rings. The highest BCUT2D eigenvalue weighted by Crippen LogP contribution is 2.09. The van der Waals surface area contributed by atoms with Gasteiger partial charge in [-0.2, -0.15) is 0 Å². The molecule has 4 N–H and O–H groups in total. The predicted octanol–water partition coefficient (Wildman–Crippen LogP) is 2.17. The van der Waals surface area contributed by atoms with E-state index in [-0.39, 0.29) is 35.8 Å². The van der Waals surface area contributed by atoms with Crippen molar-refractivity contribution in [2.24, 2.45) is 10.7 Å². The highest BCUT2D eigenvalue weighted by atomic mass is 127. The van der Waals surface area contributed by atoms with E-state index in [1.807, 2.05) is 30.3 Å². The van der Waals surface area contributed by atoms with Gasteiger partial charge in [0, 0.05) is 30.9 Å². The van der Waals surface area contributed by atoms with Crippen molar-refractivity contribution in [3.05, 3.63) is 65.5 Å². The Bertz CT molecular complexity index is 840. The first-order chi connectivity index (χ1) is 12.8. The molecule has 28 heavy (non-hydrogen) atoms. The summed E-state index contributed by atoms with van der Waals surface area (Å²) in [4.78, 5) is 8.55. The van der Waals surface area contributed by atoms with Crippen LogP contribution in [0.1, 0.15) is 30.7 Å². The van der Waals surface area contributed by atoms with Gasteiger partial charge in [-0.3, -0.25) is 4.98 Å². The molecule has 0 radical (unpaired) electrons. The lowest BCUT2D eigenvalue weighted by atomic mass is 10.1. The van der Waals surface area contributed by atoms with Crippen molar-refractivity contribution >= 4 is 40.0 Å². The maximum atomic E-state index is 12.0. The number of hydrogen-bond acceptors (Lipinski definition) is 4. The van der Waals surface area contributed by atoms with Crippen LogP contribution in [0.5, 0.6) is 0 Å². The molecule has 0 atom stereocenters. The molecule has 1 aromatic carbocycles. The van der Waals surface area contributed by atoms with Gasteiger partial charge < -0.3 is 11.1 Å². The number of aromatic nitrogens is 1. The molecule has 0 aliphatic rings. The number of halogens is 1. The highest BCUT2D eigenvalue weighted by molar-refractivity contribution is 14.0. The van der Waals surface area contributed by atoms with Gasteiger partial charge in [-0.1, -0.05) is 30.3 Å². The second kappa shape index (κ2) is 12.0. The Labute approximate surface area is 184 Å². The van der Waals surface area contributed by atoms with Crippen LogP contribution in [0.4, 0.5) is 0 Å². The van der Waals surface area contributed by atoms with Crippen molar-refractivity contribution in [1.29, 1.82) is 0 Å². The van der Waals surface area contributed by atoms with Crippen LogP contribution in [-0.2, 0) is 28.7 Å². The van der Waals surface area contributed by atoms with E-state index in [1.54, 1.807) is 32.2 Å². The third-order valence-electron chi connectivity index (χ3n) is 3.64. The van der Waals surface area contributed by atoms with Crippen molar-refractivity contribution < 1.29 is 8.42 Å². The van der Waals surface area contributed by atoms with E-state index in [0.717, 1.165) is 23.2 Å². The molecular formula is C19H28IN5O2S. The summed E-state index contributed by atoms with van der Waals surface area (Å²) >= 11 is 0. The molecule has 1 aromatic heterocycles. The summed E-state index contributed by atoms with van der Waals surface area (Å²) in [6.07, 6.45) is 2.53. The Balaban J connectivity index is 0.00000392. The van der Waals surface area contributed by atoms with Crippen LogP contribution in [0, 0.1) is 0 Å². The van der Waals surface area contributed by atoms with Gasteiger partial charge in [-0.05, 0) is 37.1 Å². The topological polar surface area (TPSA) is 109 Å². The van der Waals surface area contributed by atoms with Gasteiger partial charge in [0.1, 0.15) is 0 Å². The van der Waals surface area contributed by atoms with Crippen LogP contribution in [-0.4, -0.2) is 31.9 Å². The molecule has 154 valence electrons. The number of nitrogens with zero attached hydrogens (tertiary/aromatic N) is 2. The molecule has 0 spiro atoms. The number of rotatable bonds is 9. The van der Waals surface area contributed by atoms with Gasteiger partial charge in [0.05, 0.1) is 12.3 Å². The van der Waals surface area contributed by atoms with Crippen LogP contribution in [0.25, 0.3) is 0 Å². The first-order valence-corrected chi connectivity index (χ1v) is 10.5. The third kappa shape index (κ3) is 9.47. The molecule has 0 saturated carbocycles. The predicted molar refractivity (Wildman–Crippen MR) is 124 cm³/mol. The van der Waals surface area contributed by atoms with Crippen molar-refractivity contribution in [2.45, 2.75) is 38.6 Å². The Morgan fingerprint density at radius 1 is 1.14 bits per heavy atom. The van der Waals surface area contributed by atoms with Gasteiger partial charge in [0.2, 0.25) is 10.0 Å². The van der Waals surface area contributed by atoms with E-state index in [2.05, 4.69) is 20.0 Å². The zero-order valence-electron chi connectivity index (χ0n) is 16.1. The Hall–Kier alpha value is -1.72. The Kier molecular flexibility index (Phi) is 10.4. The van der Waals surface area contributed by atoms with E-state index in [0.29, 0.717) is 19.0 Å². The average Bonchev–Trinajstić information content (AvgIpc) is 2.60. The zero-order valence-corrected chi connectivity index (χ0v) is 19.3. The Morgan fingerprint density at radius 2 is 1.82 bits per heavy atom. The summed E-state index contributed by atoms with van der Waals surface area (Å²) in [5, 5.41) is 3.06. The van der Waals surface area contributed by atoms with E-state index in [4.69, 9.17) is 5.73 Å². The van der Waals surface area contributed by atoms with Gasteiger partial charge in [0.15, 0.2) is 5.96 Å². The molecule has 0 unspecified atom stereocenters. The molecule has 0 saturated heterocycles. The van der Waals surface area contributed by atoms with Crippen LogP contribution in [0.3, 0.4) is 0 Å². The fraction of sp³-hybridized carbons (Fsp3) is 0.368. The summed E-state index contributed by atoms with van der Waals surface area (Å²) < 4.78 is 26.5. The summed E-state index contributed by atoms with van der Waals surface area (Å²) in [5.74, 6) is 0.338. The lowest BCUT2D eigenvalue weighted by Gasteiger charge is -2.09. The van der Waals surface area contributed by atoms with Crippen LogP contribution in [0.2, 0.25) is 0 Å². The number of hydrogen-bond donors (Lipinski definition) is 3. The normalized spacial score (nSPS) is 11.9. The molecule has 2 aromatic rings. The standard InChI is InChI=1S/C19H27N5O2S.HI/c1-15(2)24-27(25,26)14-17-8-6-16(7-9-17)13-23-19(20)22-12-10-18-5-3-4-11-21-18;/h3-9,11,15,24H,10,12-14H2,1-2H3,(H3,20,22,23);1H. The lowest BCUT2D eigenvalue weighted by Crippen LogP contribution is -2.33. The smallest absolute Gasteiger partial charge is 0.216 e. The lowest BCUT2D eigenvalue weighted by molar-refractivity contribution is 0.569. The largest absolute Gasteiger partial charge is 0.370 e. The maximum Gasteiger partial charge on any atom is 0.216 e. The zero-order chi connectivity index (χ0) is 19.7.